The maximum atomic E-state index is 14.3. The molecule has 0 N–H and O–H groups in total. The number of hydrogen-bond acceptors (Lipinski definition) is 6. The van der Waals surface area contributed by atoms with Gasteiger partial charge in [0.25, 0.3) is 5.91 Å². The first-order valence-corrected chi connectivity index (χ1v) is 11.3. The summed E-state index contributed by atoms with van der Waals surface area (Å²) < 4.78 is 52.9. The number of aryl methyl sites for hydroxylation is 1. The standard InChI is InChI=1S/C25H23F3N4O3/c1-15-12-17(3-5-20(15)27)35-23-19-14-32(24(33)18-4-2-16(26)13-21(18)28)7-6-22(19)29-25(30-23)31-8-10-34-11-9-31/h2-5,12-13H,6-11,14H2,1H3. The minimum Gasteiger partial charge on any atom is -0.438 e. The largest absolute Gasteiger partial charge is 0.438 e. The lowest BCUT2D eigenvalue weighted by atomic mass is 10.0. The minimum absolute atomic E-state index is 0.0872. The molecule has 2 aliphatic heterocycles. The van der Waals surface area contributed by atoms with E-state index in [0.717, 1.165) is 17.8 Å². The number of halogens is 3. The van der Waals surface area contributed by atoms with Crippen molar-refractivity contribution in [3.8, 4) is 11.6 Å². The summed E-state index contributed by atoms with van der Waals surface area (Å²) in [6, 6.07) is 7.27. The van der Waals surface area contributed by atoms with Crippen LogP contribution in [0, 0.1) is 24.4 Å². The number of hydrogen-bond donors (Lipinski definition) is 0. The smallest absolute Gasteiger partial charge is 0.257 e. The molecule has 35 heavy (non-hydrogen) atoms. The van der Waals surface area contributed by atoms with Crippen molar-refractivity contribution in [3.05, 3.63) is 76.2 Å². The zero-order chi connectivity index (χ0) is 24.5. The summed E-state index contributed by atoms with van der Waals surface area (Å²) in [7, 11) is 0. The molecule has 1 aromatic heterocycles. The van der Waals surface area contributed by atoms with E-state index in [-0.39, 0.29) is 23.8 Å². The van der Waals surface area contributed by atoms with E-state index in [4.69, 9.17) is 14.5 Å². The molecule has 2 aromatic carbocycles. The molecular weight excluding hydrogens is 461 g/mol. The molecule has 0 atom stereocenters. The van der Waals surface area contributed by atoms with Crippen LogP contribution in [0.25, 0.3) is 0 Å². The van der Waals surface area contributed by atoms with Gasteiger partial charge < -0.3 is 19.3 Å². The van der Waals surface area contributed by atoms with Gasteiger partial charge in [0.05, 0.1) is 36.6 Å². The summed E-state index contributed by atoms with van der Waals surface area (Å²) in [5.41, 5.74) is 1.52. The van der Waals surface area contributed by atoms with Crippen molar-refractivity contribution >= 4 is 11.9 Å². The van der Waals surface area contributed by atoms with E-state index >= 15 is 0 Å². The number of nitrogens with zero attached hydrogens (tertiary/aromatic N) is 4. The van der Waals surface area contributed by atoms with E-state index in [1.807, 2.05) is 4.90 Å². The zero-order valence-electron chi connectivity index (χ0n) is 19.1. The second-order valence-electron chi connectivity index (χ2n) is 8.47. The molecule has 0 spiro atoms. The molecule has 0 bridgehead atoms. The zero-order valence-corrected chi connectivity index (χ0v) is 19.1. The summed E-state index contributed by atoms with van der Waals surface area (Å²) in [5, 5.41) is 0. The Kier molecular flexibility index (Phi) is 6.29. The fourth-order valence-electron chi connectivity index (χ4n) is 4.16. The number of amides is 1. The monoisotopic (exact) mass is 484 g/mol. The van der Waals surface area contributed by atoms with E-state index in [1.54, 1.807) is 13.0 Å². The summed E-state index contributed by atoms with van der Waals surface area (Å²) in [4.78, 5) is 25.8. The van der Waals surface area contributed by atoms with Gasteiger partial charge in [-0.15, -0.1) is 0 Å². The summed E-state index contributed by atoms with van der Waals surface area (Å²) >= 11 is 0. The van der Waals surface area contributed by atoms with Crippen LogP contribution in [-0.4, -0.2) is 53.6 Å². The number of morpholine rings is 1. The highest BCUT2D eigenvalue weighted by Crippen LogP contribution is 2.33. The Hall–Kier alpha value is -3.66. The van der Waals surface area contributed by atoms with Gasteiger partial charge in [0, 0.05) is 32.1 Å². The molecule has 3 heterocycles. The molecule has 10 heteroatoms. The molecule has 1 amide bonds. The topological polar surface area (TPSA) is 67.8 Å². The molecule has 0 radical (unpaired) electrons. The van der Waals surface area contributed by atoms with Gasteiger partial charge in [0.1, 0.15) is 23.2 Å². The van der Waals surface area contributed by atoms with Gasteiger partial charge in [-0.3, -0.25) is 4.79 Å². The molecule has 182 valence electrons. The van der Waals surface area contributed by atoms with Gasteiger partial charge >= 0.3 is 0 Å². The molecule has 1 fully saturated rings. The van der Waals surface area contributed by atoms with E-state index in [9.17, 15) is 18.0 Å². The lowest BCUT2D eigenvalue weighted by Gasteiger charge is -2.32. The molecule has 2 aliphatic rings. The Morgan fingerprint density at radius 2 is 1.80 bits per heavy atom. The van der Waals surface area contributed by atoms with Crippen LogP contribution >= 0.6 is 0 Å². The quantitative estimate of drug-likeness (QED) is 0.557. The summed E-state index contributed by atoms with van der Waals surface area (Å²) in [6.45, 7) is 4.39. The maximum Gasteiger partial charge on any atom is 0.257 e. The van der Waals surface area contributed by atoms with Crippen LogP contribution in [0.15, 0.2) is 36.4 Å². The number of anilines is 1. The Balaban J connectivity index is 1.49. The normalized spacial score (nSPS) is 15.7. The third-order valence-electron chi connectivity index (χ3n) is 6.10. The van der Waals surface area contributed by atoms with E-state index in [1.165, 1.54) is 17.0 Å². The first kappa shape index (κ1) is 23.1. The van der Waals surface area contributed by atoms with Gasteiger partial charge in [-0.05, 0) is 42.8 Å². The van der Waals surface area contributed by atoms with Crippen LogP contribution in [-0.2, 0) is 17.7 Å². The lowest BCUT2D eigenvalue weighted by molar-refractivity contribution is 0.0727. The lowest BCUT2D eigenvalue weighted by Crippen LogP contribution is -2.39. The highest BCUT2D eigenvalue weighted by atomic mass is 19.1. The van der Waals surface area contributed by atoms with Gasteiger partial charge in [-0.2, -0.15) is 4.98 Å². The maximum absolute atomic E-state index is 14.3. The Morgan fingerprint density at radius 3 is 2.54 bits per heavy atom. The van der Waals surface area contributed by atoms with Gasteiger partial charge in [-0.1, -0.05) is 0 Å². The Labute approximate surface area is 200 Å². The fourth-order valence-corrected chi connectivity index (χ4v) is 4.16. The van der Waals surface area contributed by atoms with Crippen molar-refractivity contribution in [1.82, 2.24) is 14.9 Å². The predicted octanol–water partition coefficient (Wildman–Crippen LogP) is 4.03. The number of ether oxygens (including phenoxy) is 2. The predicted molar refractivity (Wildman–Crippen MR) is 121 cm³/mol. The Bertz CT molecular complexity index is 1280. The molecule has 7 nitrogen and oxygen atoms in total. The Morgan fingerprint density at radius 1 is 1.00 bits per heavy atom. The van der Waals surface area contributed by atoms with Crippen LogP contribution < -0.4 is 9.64 Å². The SMILES string of the molecule is Cc1cc(Oc2nc(N3CCOCC3)nc3c2CN(C(=O)c2ccc(F)cc2F)CC3)ccc1F. The number of carbonyl (C=O) groups excluding carboxylic acids is 1. The van der Waals surface area contributed by atoms with Crippen molar-refractivity contribution in [2.75, 3.05) is 37.7 Å². The van der Waals surface area contributed by atoms with Crippen LogP contribution in [0.3, 0.4) is 0 Å². The molecule has 0 aliphatic carbocycles. The van der Waals surface area contributed by atoms with Crippen molar-refractivity contribution in [2.45, 2.75) is 19.9 Å². The molecule has 0 unspecified atom stereocenters. The van der Waals surface area contributed by atoms with E-state index < -0.39 is 17.5 Å². The molecular formula is C25H23F3N4O3. The average molecular weight is 484 g/mol. The van der Waals surface area contributed by atoms with Crippen LogP contribution in [0.2, 0.25) is 0 Å². The molecule has 0 saturated carbocycles. The third-order valence-corrected chi connectivity index (χ3v) is 6.10. The number of carbonyl (C=O) groups is 1. The van der Waals surface area contributed by atoms with Gasteiger partial charge in [0.15, 0.2) is 0 Å². The second-order valence-corrected chi connectivity index (χ2v) is 8.47. The van der Waals surface area contributed by atoms with Crippen LogP contribution in [0.4, 0.5) is 19.1 Å². The summed E-state index contributed by atoms with van der Waals surface area (Å²) in [5.74, 6) is -1.45. The van der Waals surface area contributed by atoms with Crippen molar-refractivity contribution < 1.29 is 27.4 Å². The van der Waals surface area contributed by atoms with Gasteiger partial charge in [0.2, 0.25) is 11.8 Å². The fraction of sp³-hybridized carbons (Fsp3) is 0.320. The van der Waals surface area contributed by atoms with E-state index in [0.29, 0.717) is 68.2 Å². The summed E-state index contributed by atoms with van der Waals surface area (Å²) in [6.07, 6.45) is 0.405. The highest BCUT2D eigenvalue weighted by Gasteiger charge is 2.30. The third kappa shape index (κ3) is 4.79. The van der Waals surface area contributed by atoms with Crippen molar-refractivity contribution in [3.63, 3.8) is 0 Å². The minimum atomic E-state index is -0.919. The molecule has 3 aromatic rings. The number of rotatable bonds is 4. The highest BCUT2D eigenvalue weighted by molar-refractivity contribution is 5.94. The first-order chi connectivity index (χ1) is 16.9. The van der Waals surface area contributed by atoms with Gasteiger partial charge in [-0.25, -0.2) is 18.2 Å². The van der Waals surface area contributed by atoms with E-state index in [2.05, 4.69) is 4.98 Å². The number of fused-ring (bicyclic) bond motifs is 1. The average Bonchev–Trinajstić information content (AvgIpc) is 2.86. The second kappa shape index (κ2) is 9.53. The first-order valence-electron chi connectivity index (χ1n) is 11.3. The molecule has 1 saturated heterocycles. The molecule has 5 rings (SSSR count). The van der Waals surface area contributed by atoms with Crippen molar-refractivity contribution in [1.29, 1.82) is 0 Å². The van der Waals surface area contributed by atoms with Crippen molar-refractivity contribution in [2.24, 2.45) is 0 Å². The number of benzene rings is 2. The van der Waals surface area contributed by atoms with Crippen LogP contribution in [0.5, 0.6) is 11.6 Å². The number of aromatic nitrogens is 2. The van der Waals surface area contributed by atoms with Crippen LogP contribution in [0.1, 0.15) is 27.2 Å².